The average molecular weight is 171 g/mol. The molecule has 70 valence electrons. The van der Waals surface area contributed by atoms with E-state index in [9.17, 15) is 4.79 Å². The van der Waals surface area contributed by atoms with Crippen molar-refractivity contribution >= 4 is 5.91 Å². The first-order chi connectivity index (χ1) is 5.43. The smallest absolute Gasteiger partial charge is 0.286 e. The molecule has 1 N–H and O–H groups in total. The van der Waals surface area contributed by atoms with Crippen molar-refractivity contribution in [3.63, 3.8) is 0 Å². The highest BCUT2D eigenvalue weighted by molar-refractivity contribution is 5.91. The van der Waals surface area contributed by atoms with Gasteiger partial charge in [0.2, 0.25) is 0 Å². The van der Waals surface area contributed by atoms with Crippen LogP contribution in [-0.2, 0) is 9.53 Å². The SMILES string of the molecule is C=C(OC)C(=O)NC(C)(C)CC. The molecule has 3 nitrogen and oxygen atoms in total. The van der Waals surface area contributed by atoms with Gasteiger partial charge >= 0.3 is 0 Å². The molecule has 0 bridgehead atoms. The molecule has 0 aliphatic carbocycles. The first-order valence-corrected chi connectivity index (χ1v) is 3.98. The van der Waals surface area contributed by atoms with E-state index in [1.807, 2.05) is 20.8 Å². The van der Waals surface area contributed by atoms with Crippen LogP contribution in [0.1, 0.15) is 27.2 Å². The molecule has 0 rings (SSSR count). The van der Waals surface area contributed by atoms with Crippen molar-refractivity contribution in [3.05, 3.63) is 12.3 Å². The van der Waals surface area contributed by atoms with Crippen LogP contribution in [0.15, 0.2) is 12.3 Å². The van der Waals surface area contributed by atoms with E-state index in [0.717, 1.165) is 6.42 Å². The lowest BCUT2D eigenvalue weighted by atomic mass is 10.0. The maximum Gasteiger partial charge on any atom is 0.286 e. The monoisotopic (exact) mass is 171 g/mol. The van der Waals surface area contributed by atoms with Crippen LogP contribution in [0.4, 0.5) is 0 Å². The summed E-state index contributed by atoms with van der Waals surface area (Å²) in [6, 6.07) is 0. The lowest BCUT2D eigenvalue weighted by molar-refractivity contribution is -0.121. The predicted molar refractivity (Wildman–Crippen MR) is 48.7 cm³/mol. The van der Waals surface area contributed by atoms with Gasteiger partial charge in [-0.3, -0.25) is 4.79 Å². The van der Waals surface area contributed by atoms with Gasteiger partial charge in [0, 0.05) is 5.54 Å². The van der Waals surface area contributed by atoms with Crippen molar-refractivity contribution in [1.29, 1.82) is 0 Å². The molecule has 0 fully saturated rings. The van der Waals surface area contributed by atoms with E-state index >= 15 is 0 Å². The molecule has 0 atom stereocenters. The summed E-state index contributed by atoms with van der Waals surface area (Å²) in [6.45, 7) is 9.37. The van der Waals surface area contributed by atoms with E-state index in [4.69, 9.17) is 4.74 Å². The number of nitrogens with one attached hydrogen (secondary N) is 1. The minimum Gasteiger partial charge on any atom is -0.492 e. The molecule has 0 saturated carbocycles. The van der Waals surface area contributed by atoms with Crippen LogP contribution in [-0.4, -0.2) is 18.6 Å². The summed E-state index contributed by atoms with van der Waals surface area (Å²) in [5.41, 5.74) is -0.196. The van der Waals surface area contributed by atoms with Gasteiger partial charge in [0.1, 0.15) is 0 Å². The second-order valence-electron chi connectivity index (χ2n) is 3.32. The van der Waals surface area contributed by atoms with Gasteiger partial charge in [0.15, 0.2) is 5.76 Å². The number of hydrogen-bond acceptors (Lipinski definition) is 2. The quantitative estimate of drug-likeness (QED) is 0.513. The summed E-state index contributed by atoms with van der Waals surface area (Å²) in [7, 11) is 1.43. The molecule has 0 unspecified atom stereocenters. The molecule has 0 aliphatic heterocycles. The van der Waals surface area contributed by atoms with E-state index in [0.29, 0.717) is 0 Å². The largest absolute Gasteiger partial charge is 0.492 e. The Labute approximate surface area is 73.8 Å². The van der Waals surface area contributed by atoms with Crippen LogP contribution in [0.2, 0.25) is 0 Å². The van der Waals surface area contributed by atoms with E-state index in [1.165, 1.54) is 7.11 Å². The van der Waals surface area contributed by atoms with Gasteiger partial charge in [-0.15, -0.1) is 0 Å². The third kappa shape index (κ3) is 3.42. The van der Waals surface area contributed by atoms with E-state index in [2.05, 4.69) is 11.9 Å². The Morgan fingerprint density at radius 3 is 2.42 bits per heavy atom. The van der Waals surface area contributed by atoms with E-state index in [1.54, 1.807) is 0 Å². The van der Waals surface area contributed by atoms with Crippen molar-refractivity contribution in [3.8, 4) is 0 Å². The van der Waals surface area contributed by atoms with Crippen molar-refractivity contribution in [2.24, 2.45) is 0 Å². The zero-order valence-corrected chi connectivity index (χ0v) is 8.23. The van der Waals surface area contributed by atoms with Gasteiger partial charge < -0.3 is 10.1 Å². The van der Waals surface area contributed by atoms with Crippen LogP contribution >= 0.6 is 0 Å². The number of rotatable bonds is 4. The summed E-state index contributed by atoms with van der Waals surface area (Å²) in [5, 5.41) is 2.79. The van der Waals surface area contributed by atoms with Crippen molar-refractivity contribution in [2.45, 2.75) is 32.7 Å². The average Bonchev–Trinajstić information content (AvgIpc) is 2.02. The Morgan fingerprint density at radius 2 is 2.08 bits per heavy atom. The Bertz CT molecular complexity index is 185. The highest BCUT2D eigenvalue weighted by Gasteiger charge is 2.19. The molecule has 3 heteroatoms. The molecule has 0 aromatic heterocycles. The third-order valence-electron chi connectivity index (χ3n) is 1.84. The number of hydrogen-bond donors (Lipinski definition) is 1. The minimum absolute atomic E-state index is 0.150. The molecule has 0 radical (unpaired) electrons. The van der Waals surface area contributed by atoms with Gasteiger partial charge in [-0.2, -0.15) is 0 Å². The highest BCUT2D eigenvalue weighted by Crippen LogP contribution is 2.07. The molecule has 0 aromatic carbocycles. The molecule has 0 saturated heterocycles. The van der Waals surface area contributed by atoms with Crippen LogP contribution in [0.25, 0.3) is 0 Å². The van der Waals surface area contributed by atoms with Crippen LogP contribution < -0.4 is 5.32 Å². The fraction of sp³-hybridized carbons (Fsp3) is 0.667. The summed E-state index contributed by atoms with van der Waals surface area (Å²) >= 11 is 0. The lowest BCUT2D eigenvalue weighted by Gasteiger charge is -2.24. The minimum atomic E-state index is -0.246. The van der Waals surface area contributed by atoms with E-state index in [-0.39, 0.29) is 17.2 Å². The van der Waals surface area contributed by atoms with Gasteiger partial charge in [0.05, 0.1) is 7.11 Å². The van der Waals surface area contributed by atoms with Gasteiger partial charge in [-0.05, 0) is 20.3 Å². The normalized spacial score (nSPS) is 10.7. The Morgan fingerprint density at radius 1 is 1.58 bits per heavy atom. The number of carbonyl (C=O) groups is 1. The summed E-state index contributed by atoms with van der Waals surface area (Å²) < 4.78 is 4.70. The molecule has 0 aliphatic rings. The fourth-order valence-electron chi connectivity index (χ4n) is 0.558. The topological polar surface area (TPSA) is 38.3 Å². The highest BCUT2D eigenvalue weighted by atomic mass is 16.5. The molecule has 0 aromatic rings. The Hall–Kier alpha value is -0.990. The number of carbonyl (C=O) groups excluding carboxylic acids is 1. The second kappa shape index (κ2) is 4.14. The maximum atomic E-state index is 11.2. The van der Waals surface area contributed by atoms with Crippen molar-refractivity contribution in [2.75, 3.05) is 7.11 Å². The molecular formula is C9H17NO2. The zero-order valence-electron chi connectivity index (χ0n) is 8.23. The fourth-order valence-corrected chi connectivity index (χ4v) is 0.558. The van der Waals surface area contributed by atoms with Crippen LogP contribution in [0, 0.1) is 0 Å². The summed E-state index contributed by atoms with van der Waals surface area (Å²) in [4.78, 5) is 11.2. The van der Waals surface area contributed by atoms with Crippen molar-refractivity contribution in [1.82, 2.24) is 5.32 Å². The number of ether oxygens (including phenoxy) is 1. The molecule has 1 amide bonds. The zero-order chi connectivity index (χ0) is 9.78. The van der Waals surface area contributed by atoms with E-state index < -0.39 is 0 Å². The molecule has 12 heavy (non-hydrogen) atoms. The first kappa shape index (κ1) is 11.0. The lowest BCUT2D eigenvalue weighted by Crippen LogP contribution is -2.43. The van der Waals surface area contributed by atoms with Crippen LogP contribution in [0.3, 0.4) is 0 Å². The molecule has 0 spiro atoms. The Balaban J connectivity index is 4.09. The maximum absolute atomic E-state index is 11.2. The van der Waals surface area contributed by atoms with Gasteiger partial charge in [0.25, 0.3) is 5.91 Å². The third-order valence-corrected chi connectivity index (χ3v) is 1.84. The number of amides is 1. The van der Waals surface area contributed by atoms with Crippen molar-refractivity contribution < 1.29 is 9.53 Å². The Kier molecular flexibility index (Phi) is 3.80. The number of methoxy groups -OCH3 is 1. The molecule has 0 heterocycles. The first-order valence-electron chi connectivity index (χ1n) is 3.98. The predicted octanol–water partition coefficient (Wildman–Crippen LogP) is 1.45. The second-order valence-corrected chi connectivity index (χ2v) is 3.32. The summed E-state index contributed by atoms with van der Waals surface area (Å²) in [5.74, 6) is -0.0964. The standard InChI is InChI=1S/C9H17NO2/c1-6-9(3,4)10-8(11)7(2)12-5/h2,6H2,1,3-5H3,(H,10,11). The van der Waals surface area contributed by atoms with Gasteiger partial charge in [-0.1, -0.05) is 13.5 Å². The van der Waals surface area contributed by atoms with Gasteiger partial charge in [-0.25, -0.2) is 0 Å². The molecular weight excluding hydrogens is 154 g/mol. The summed E-state index contributed by atoms with van der Waals surface area (Å²) in [6.07, 6.45) is 0.871. The van der Waals surface area contributed by atoms with Crippen LogP contribution in [0.5, 0.6) is 0 Å².